The molecule has 0 bridgehead atoms. The first-order valence-corrected chi connectivity index (χ1v) is 7.96. The van der Waals surface area contributed by atoms with Gasteiger partial charge in [0.05, 0.1) is 17.6 Å². The molecule has 1 aliphatic rings. The lowest BCUT2D eigenvalue weighted by Gasteiger charge is -2.34. The predicted octanol–water partition coefficient (Wildman–Crippen LogP) is 1.84. The summed E-state index contributed by atoms with van der Waals surface area (Å²) in [4.78, 5) is 20.3. The second kappa shape index (κ2) is 6.45. The zero-order chi connectivity index (χ0) is 17.3. The first-order valence-electron chi connectivity index (χ1n) is 7.96. The Bertz CT molecular complexity index is 755. The van der Waals surface area contributed by atoms with Gasteiger partial charge in [-0.25, -0.2) is 9.97 Å². The highest BCUT2D eigenvalue weighted by Gasteiger charge is 2.27. The third kappa shape index (κ3) is 3.46. The van der Waals surface area contributed by atoms with Crippen molar-refractivity contribution in [2.24, 2.45) is 11.5 Å². The van der Waals surface area contributed by atoms with E-state index in [1.54, 1.807) is 6.20 Å². The standard InChI is InChI=1S/C17H22N6O/c1-9-5-10(2)21-15(6-9)23-14-7-11(8-20-16(14)17(19)24)22-13-4-3-12(13)18/h5-8,12-13,22H,3-4,18H2,1-2H3,(H2,19,24)(H,21,23)/t12-,13-/m0/s1. The Morgan fingerprint density at radius 1 is 1.25 bits per heavy atom. The van der Waals surface area contributed by atoms with E-state index < -0.39 is 5.91 Å². The molecule has 3 rings (SSSR count). The Kier molecular flexibility index (Phi) is 4.35. The topological polar surface area (TPSA) is 119 Å². The summed E-state index contributed by atoms with van der Waals surface area (Å²) < 4.78 is 0. The number of nitrogens with zero attached hydrogens (tertiary/aromatic N) is 2. The summed E-state index contributed by atoms with van der Waals surface area (Å²) in [6.07, 6.45) is 3.65. The van der Waals surface area contributed by atoms with Gasteiger partial charge in [-0.1, -0.05) is 0 Å². The molecule has 0 unspecified atom stereocenters. The highest BCUT2D eigenvalue weighted by molar-refractivity contribution is 5.97. The molecular weight excluding hydrogens is 304 g/mol. The monoisotopic (exact) mass is 326 g/mol. The molecule has 1 aliphatic carbocycles. The minimum absolute atomic E-state index is 0.151. The van der Waals surface area contributed by atoms with Crippen molar-refractivity contribution >= 4 is 23.1 Å². The first kappa shape index (κ1) is 16.2. The highest BCUT2D eigenvalue weighted by atomic mass is 16.1. The number of hydrogen-bond acceptors (Lipinski definition) is 6. The van der Waals surface area contributed by atoms with E-state index in [2.05, 4.69) is 20.6 Å². The molecule has 1 fully saturated rings. The maximum atomic E-state index is 11.7. The van der Waals surface area contributed by atoms with Gasteiger partial charge >= 0.3 is 0 Å². The number of rotatable bonds is 5. The molecule has 0 saturated heterocycles. The van der Waals surface area contributed by atoms with E-state index in [0.29, 0.717) is 11.5 Å². The van der Waals surface area contributed by atoms with Crippen LogP contribution in [0.2, 0.25) is 0 Å². The van der Waals surface area contributed by atoms with Crippen molar-refractivity contribution in [2.45, 2.75) is 38.8 Å². The van der Waals surface area contributed by atoms with Gasteiger partial charge in [0.15, 0.2) is 5.69 Å². The zero-order valence-corrected chi connectivity index (χ0v) is 13.8. The molecular formula is C17H22N6O. The molecule has 7 nitrogen and oxygen atoms in total. The summed E-state index contributed by atoms with van der Waals surface area (Å²) in [5.41, 5.74) is 14.9. The van der Waals surface area contributed by atoms with Crippen LogP contribution in [0.4, 0.5) is 17.2 Å². The molecule has 1 amide bonds. The molecule has 24 heavy (non-hydrogen) atoms. The lowest BCUT2D eigenvalue weighted by molar-refractivity contribution is 0.0996. The summed E-state index contributed by atoms with van der Waals surface area (Å²) in [7, 11) is 0. The third-order valence-electron chi connectivity index (χ3n) is 4.16. The molecule has 1 saturated carbocycles. The van der Waals surface area contributed by atoms with E-state index in [9.17, 15) is 4.79 Å². The van der Waals surface area contributed by atoms with Gasteiger partial charge in [0.1, 0.15) is 5.82 Å². The van der Waals surface area contributed by atoms with Crippen LogP contribution in [0.3, 0.4) is 0 Å². The van der Waals surface area contributed by atoms with Crippen LogP contribution in [0.5, 0.6) is 0 Å². The van der Waals surface area contributed by atoms with Gasteiger partial charge < -0.3 is 22.1 Å². The van der Waals surface area contributed by atoms with Crippen LogP contribution < -0.4 is 22.1 Å². The Labute approximate surface area is 140 Å². The van der Waals surface area contributed by atoms with Crippen LogP contribution in [-0.2, 0) is 0 Å². The van der Waals surface area contributed by atoms with Gasteiger partial charge in [-0.15, -0.1) is 0 Å². The number of pyridine rings is 2. The molecule has 0 aliphatic heterocycles. The van der Waals surface area contributed by atoms with Crippen LogP contribution in [0, 0.1) is 13.8 Å². The Balaban J connectivity index is 1.89. The minimum atomic E-state index is -0.589. The van der Waals surface area contributed by atoms with E-state index in [-0.39, 0.29) is 17.8 Å². The van der Waals surface area contributed by atoms with Gasteiger partial charge in [-0.3, -0.25) is 4.79 Å². The van der Waals surface area contributed by atoms with Crippen molar-refractivity contribution in [2.75, 3.05) is 10.6 Å². The Morgan fingerprint density at radius 2 is 2.04 bits per heavy atom. The summed E-state index contributed by atoms with van der Waals surface area (Å²) in [6, 6.07) is 6.09. The van der Waals surface area contributed by atoms with Crippen LogP contribution in [0.25, 0.3) is 0 Å². The van der Waals surface area contributed by atoms with Crippen molar-refractivity contribution < 1.29 is 4.79 Å². The fourth-order valence-electron chi connectivity index (χ4n) is 2.80. The molecule has 2 atom stereocenters. The van der Waals surface area contributed by atoms with Crippen molar-refractivity contribution in [3.63, 3.8) is 0 Å². The number of anilines is 3. The fourth-order valence-corrected chi connectivity index (χ4v) is 2.80. The third-order valence-corrected chi connectivity index (χ3v) is 4.16. The lowest BCUT2D eigenvalue weighted by atomic mass is 9.87. The van der Waals surface area contributed by atoms with Crippen LogP contribution in [0.1, 0.15) is 34.6 Å². The first-order chi connectivity index (χ1) is 11.4. The number of nitrogens with one attached hydrogen (secondary N) is 2. The minimum Gasteiger partial charge on any atom is -0.379 e. The second-order valence-electron chi connectivity index (χ2n) is 6.27. The summed E-state index contributed by atoms with van der Waals surface area (Å²) in [6.45, 7) is 3.91. The van der Waals surface area contributed by atoms with Crippen LogP contribution in [0.15, 0.2) is 24.4 Å². The van der Waals surface area contributed by atoms with E-state index in [1.165, 1.54) is 0 Å². The largest absolute Gasteiger partial charge is 0.379 e. The van der Waals surface area contributed by atoms with Crippen molar-refractivity contribution in [1.29, 1.82) is 0 Å². The van der Waals surface area contributed by atoms with Crippen molar-refractivity contribution in [3.8, 4) is 0 Å². The predicted molar refractivity (Wildman–Crippen MR) is 94.4 cm³/mol. The van der Waals surface area contributed by atoms with E-state index in [1.807, 2.05) is 32.0 Å². The smallest absolute Gasteiger partial charge is 0.269 e. The SMILES string of the molecule is Cc1cc(C)nc(Nc2cc(N[C@H]3CC[C@@H]3N)cnc2C(N)=O)c1. The number of hydrogen-bond donors (Lipinski definition) is 4. The average Bonchev–Trinajstić information content (AvgIpc) is 2.50. The Morgan fingerprint density at radius 3 is 2.62 bits per heavy atom. The van der Waals surface area contributed by atoms with E-state index in [4.69, 9.17) is 11.5 Å². The summed E-state index contributed by atoms with van der Waals surface area (Å²) in [5, 5.41) is 6.49. The number of aromatic nitrogens is 2. The number of primary amides is 1. The van der Waals surface area contributed by atoms with E-state index >= 15 is 0 Å². The van der Waals surface area contributed by atoms with Gasteiger partial charge in [0, 0.05) is 17.8 Å². The van der Waals surface area contributed by atoms with E-state index in [0.717, 1.165) is 29.8 Å². The molecule has 2 aromatic rings. The number of carbonyl (C=O) groups is 1. The maximum absolute atomic E-state index is 11.7. The maximum Gasteiger partial charge on any atom is 0.269 e. The van der Waals surface area contributed by atoms with Crippen LogP contribution >= 0.6 is 0 Å². The van der Waals surface area contributed by atoms with Gasteiger partial charge in [-0.05, 0) is 50.5 Å². The second-order valence-corrected chi connectivity index (χ2v) is 6.27. The molecule has 6 N–H and O–H groups in total. The molecule has 126 valence electrons. The fraction of sp³-hybridized carbons (Fsp3) is 0.353. The van der Waals surface area contributed by atoms with Gasteiger partial charge in [0.2, 0.25) is 0 Å². The van der Waals surface area contributed by atoms with Crippen molar-refractivity contribution in [3.05, 3.63) is 41.3 Å². The van der Waals surface area contributed by atoms with Gasteiger partial charge in [0.25, 0.3) is 5.91 Å². The number of carbonyl (C=O) groups excluding carboxylic acids is 1. The molecule has 2 aromatic heterocycles. The molecule has 0 aromatic carbocycles. The quantitative estimate of drug-likeness (QED) is 0.665. The number of amides is 1. The number of aryl methyl sites for hydroxylation is 2. The molecule has 2 heterocycles. The summed E-state index contributed by atoms with van der Waals surface area (Å²) >= 11 is 0. The number of nitrogens with two attached hydrogens (primary N) is 2. The Hall–Kier alpha value is -2.67. The lowest BCUT2D eigenvalue weighted by Crippen LogP contribution is -2.48. The van der Waals surface area contributed by atoms with Gasteiger partial charge in [-0.2, -0.15) is 0 Å². The molecule has 7 heteroatoms. The average molecular weight is 326 g/mol. The molecule has 0 spiro atoms. The highest BCUT2D eigenvalue weighted by Crippen LogP contribution is 2.26. The van der Waals surface area contributed by atoms with Crippen LogP contribution in [-0.4, -0.2) is 28.0 Å². The normalized spacial score (nSPS) is 19.5. The molecule has 0 radical (unpaired) electrons. The zero-order valence-electron chi connectivity index (χ0n) is 13.8. The summed E-state index contributed by atoms with van der Waals surface area (Å²) in [5.74, 6) is 0.0584. The van der Waals surface area contributed by atoms with Crippen molar-refractivity contribution in [1.82, 2.24) is 9.97 Å².